The maximum Gasteiger partial charge on any atom is 0.183 e. The van der Waals surface area contributed by atoms with Gasteiger partial charge in [0, 0.05) is 29.1 Å². The van der Waals surface area contributed by atoms with Gasteiger partial charge in [0.15, 0.2) is 5.13 Å². The monoisotopic (exact) mass is 294 g/mol. The molecule has 2 aromatic rings. The second-order valence-corrected chi connectivity index (χ2v) is 5.86. The Kier molecular flexibility index (Phi) is 4.01. The second-order valence-electron chi connectivity index (χ2n) is 4.56. The van der Waals surface area contributed by atoms with Crippen molar-refractivity contribution in [2.24, 2.45) is 0 Å². The van der Waals surface area contributed by atoms with Crippen LogP contribution in [0.15, 0.2) is 29.6 Å². The van der Waals surface area contributed by atoms with Crippen molar-refractivity contribution >= 4 is 28.1 Å². The molecule has 0 saturated carbocycles. The van der Waals surface area contributed by atoms with Gasteiger partial charge in [-0.2, -0.15) is 0 Å². The number of benzene rings is 1. The van der Waals surface area contributed by atoms with Crippen LogP contribution >= 0.6 is 22.9 Å². The lowest BCUT2D eigenvalue weighted by molar-refractivity contribution is 0.120. The fraction of sp³-hybridized carbons (Fsp3) is 0.357. The Labute approximate surface area is 121 Å². The largest absolute Gasteiger partial charge is 0.376 e. The van der Waals surface area contributed by atoms with Crippen molar-refractivity contribution in [1.29, 1.82) is 0 Å². The van der Waals surface area contributed by atoms with Crippen molar-refractivity contribution in [1.82, 2.24) is 4.98 Å². The fourth-order valence-electron chi connectivity index (χ4n) is 2.11. The third-order valence-electron chi connectivity index (χ3n) is 3.15. The van der Waals surface area contributed by atoms with E-state index in [1.807, 2.05) is 24.3 Å². The highest BCUT2D eigenvalue weighted by Gasteiger charge is 2.15. The quantitative estimate of drug-likeness (QED) is 0.923. The van der Waals surface area contributed by atoms with Gasteiger partial charge in [-0.25, -0.2) is 4.98 Å². The molecule has 0 aliphatic carbocycles. The molecule has 1 aromatic carbocycles. The van der Waals surface area contributed by atoms with Crippen LogP contribution in [0.1, 0.15) is 12.8 Å². The zero-order valence-electron chi connectivity index (χ0n) is 10.4. The van der Waals surface area contributed by atoms with E-state index in [9.17, 15) is 0 Å². The molecule has 5 heteroatoms. The van der Waals surface area contributed by atoms with Gasteiger partial charge in [-0.15, -0.1) is 11.3 Å². The topological polar surface area (TPSA) is 34.1 Å². The molecule has 0 bridgehead atoms. The first-order valence-electron chi connectivity index (χ1n) is 6.38. The summed E-state index contributed by atoms with van der Waals surface area (Å²) in [6, 6.07) is 7.74. The second kappa shape index (κ2) is 5.90. The van der Waals surface area contributed by atoms with Crippen LogP contribution in [0.4, 0.5) is 5.13 Å². The smallest absolute Gasteiger partial charge is 0.183 e. The Morgan fingerprint density at radius 2 is 2.21 bits per heavy atom. The zero-order chi connectivity index (χ0) is 13.1. The van der Waals surface area contributed by atoms with Gasteiger partial charge in [-0.3, -0.25) is 0 Å². The molecule has 2 heterocycles. The van der Waals surface area contributed by atoms with Gasteiger partial charge in [0.05, 0.1) is 11.8 Å². The molecule has 19 heavy (non-hydrogen) atoms. The molecule has 0 radical (unpaired) electrons. The van der Waals surface area contributed by atoms with Crippen LogP contribution in [0, 0.1) is 0 Å². The van der Waals surface area contributed by atoms with Gasteiger partial charge in [-0.1, -0.05) is 23.7 Å². The number of nitrogens with zero attached hydrogens (tertiary/aromatic N) is 1. The maximum absolute atomic E-state index is 5.88. The molecule has 3 rings (SSSR count). The summed E-state index contributed by atoms with van der Waals surface area (Å²) < 4.78 is 5.58. The predicted molar refractivity (Wildman–Crippen MR) is 80.0 cm³/mol. The molecule has 1 atom stereocenters. The minimum atomic E-state index is 0.336. The van der Waals surface area contributed by atoms with Crippen LogP contribution in [-0.4, -0.2) is 24.2 Å². The standard InChI is InChI=1S/C14H15ClN2OS/c15-11-5-3-10(4-6-11)13-9-19-14(17-13)16-8-12-2-1-7-18-12/h3-6,9,12H,1-2,7-8H2,(H,16,17)/t12-/m0/s1. The number of hydrogen-bond donors (Lipinski definition) is 1. The molecule has 1 fully saturated rings. The molecule has 1 aromatic heterocycles. The summed E-state index contributed by atoms with van der Waals surface area (Å²) in [5.74, 6) is 0. The summed E-state index contributed by atoms with van der Waals surface area (Å²) in [7, 11) is 0. The molecule has 0 amide bonds. The van der Waals surface area contributed by atoms with E-state index in [1.54, 1.807) is 11.3 Å². The number of thiazole rings is 1. The molecule has 1 saturated heterocycles. The Hall–Kier alpha value is -1.10. The summed E-state index contributed by atoms with van der Waals surface area (Å²) in [6.07, 6.45) is 2.64. The summed E-state index contributed by atoms with van der Waals surface area (Å²) in [6.45, 7) is 1.73. The number of halogens is 1. The number of ether oxygens (including phenoxy) is 1. The zero-order valence-corrected chi connectivity index (χ0v) is 12.0. The first kappa shape index (κ1) is 12.9. The number of anilines is 1. The van der Waals surface area contributed by atoms with Gasteiger partial charge < -0.3 is 10.1 Å². The first-order chi connectivity index (χ1) is 9.31. The molecule has 1 N–H and O–H groups in total. The highest BCUT2D eigenvalue weighted by molar-refractivity contribution is 7.14. The highest BCUT2D eigenvalue weighted by Crippen LogP contribution is 2.26. The van der Waals surface area contributed by atoms with E-state index in [0.717, 1.165) is 41.0 Å². The summed E-state index contributed by atoms with van der Waals surface area (Å²) in [4.78, 5) is 4.58. The molecule has 100 valence electrons. The van der Waals surface area contributed by atoms with E-state index >= 15 is 0 Å². The van der Waals surface area contributed by atoms with E-state index in [4.69, 9.17) is 16.3 Å². The fourth-order valence-corrected chi connectivity index (χ4v) is 2.97. The van der Waals surface area contributed by atoms with E-state index in [-0.39, 0.29) is 0 Å². The Balaban J connectivity index is 1.63. The van der Waals surface area contributed by atoms with Crippen molar-refractivity contribution in [2.45, 2.75) is 18.9 Å². The third-order valence-corrected chi connectivity index (χ3v) is 4.20. The van der Waals surface area contributed by atoms with Crippen LogP contribution < -0.4 is 5.32 Å². The number of nitrogens with one attached hydrogen (secondary N) is 1. The Morgan fingerprint density at radius 3 is 2.95 bits per heavy atom. The molecule has 1 aliphatic rings. The van der Waals surface area contributed by atoms with Gasteiger partial charge in [-0.05, 0) is 25.0 Å². The van der Waals surface area contributed by atoms with Crippen molar-refractivity contribution in [3.63, 3.8) is 0 Å². The summed E-state index contributed by atoms with van der Waals surface area (Å²) >= 11 is 7.50. The average molecular weight is 295 g/mol. The third kappa shape index (κ3) is 3.26. The maximum atomic E-state index is 5.88. The minimum Gasteiger partial charge on any atom is -0.376 e. The SMILES string of the molecule is Clc1ccc(-c2csc(NC[C@@H]3CCCO3)n2)cc1. The lowest BCUT2D eigenvalue weighted by Crippen LogP contribution is -2.18. The van der Waals surface area contributed by atoms with Gasteiger partial charge >= 0.3 is 0 Å². The number of aromatic nitrogens is 1. The van der Waals surface area contributed by atoms with E-state index in [2.05, 4.69) is 15.7 Å². The Bertz CT molecular complexity index is 535. The Morgan fingerprint density at radius 1 is 1.37 bits per heavy atom. The van der Waals surface area contributed by atoms with Crippen LogP contribution in [0.3, 0.4) is 0 Å². The molecular formula is C14H15ClN2OS. The minimum absolute atomic E-state index is 0.336. The van der Waals surface area contributed by atoms with Gasteiger partial charge in [0.25, 0.3) is 0 Å². The van der Waals surface area contributed by atoms with E-state index < -0.39 is 0 Å². The number of rotatable bonds is 4. The molecule has 1 aliphatic heterocycles. The summed E-state index contributed by atoms with van der Waals surface area (Å²) in [5.41, 5.74) is 2.07. The van der Waals surface area contributed by atoms with E-state index in [1.165, 1.54) is 6.42 Å². The van der Waals surface area contributed by atoms with Crippen molar-refractivity contribution in [3.8, 4) is 11.3 Å². The lowest BCUT2D eigenvalue weighted by atomic mass is 10.2. The van der Waals surface area contributed by atoms with Crippen molar-refractivity contribution in [2.75, 3.05) is 18.5 Å². The average Bonchev–Trinajstić information content (AvgIpc) is 3.09. The van der Waals surface area contributed by atoms with Gasteiger partial charge in [0.1, 0.15) is 0 Å². The van der Waals surface area contributed by atoms with Crippen LogP contribution in [0.5, 0.6) is 0 Å². The summed E-state index contributed by atoms with van der Waals surface area (Å²) in [5, 5.41) is 7.09. The van der Waals surface area contributed by atoms with Crippen LogP contribution in [0.25, 0.3) is 11.3 Å². The number of hydrogen-bond acceptors (Lipinski definition) is 4. The normalized spacial score (nSPS) is 18.7. The molecule has 0 unspecified atom stereocenters. The van der Waals surface area contributed by atoms with Crippen LogP contribution in [0.2, 0.25) is 5.02 Å². The molecule has 3 nitrogen and oxygen atoms in total. The molecular weight excluding hydrogens is 280 g/mol. The van der Waals surface area contributed by atoms with Gasteiger partial charge in [0.2, 0.25) is 0 Å². The van der Waals surface area contributed by atoms with Crippen molar-refractivity contribution < 1.29 is 4.74 Å². The van der Waals surface area contributed by atoms with E-state index in [0.29, 0.717) is 6.10 Å². The predicted octanol–water partition coefficient (Wildman–Crippen LogP) is 4.05. The van der Waals surface area contributed by atoms with Crippen molar-refractivity contribution in [3.05, 3.63) is 34.7 Å². The first-order valence-corrected chi connectivity index (χ1v) is 7.64. The highest BCUT2D eigenvalue weighted by atomic mass is 35.5. The lowest BCUT2D eigenvalue weighted by Gasteiger charge is -2.09. The molecule has 0 spiro atoms. The van der Waals surface area contributed by atoms with Crippen LogP contribution in [-0.2, 0) is 4.74 Å².